The molecule has 17 nitrogen and oxygen atoms in total. The number of anilines is 1. The molecule has 1 aromatic rings. The Morgan fingerprint density at radius 3 is 1.42 bits per heavy atom. The molecule has 0 aromatic heterocycles. The summed E-state index contributed by atoms with van der Waals surface area (Å²) in [4.78, 5) is 17.2. The molecule has 2 bridgehead atoms. The van der Waals surface area contributed by atoms with E-state index in [0.717, 1.165) is 50.6 Å². The van der Waals surface area contributed by atoms with Gasteiger partial charge in [-0.1, -0.05) is 0 Å². The molecule has 0 unspecified atom stereocenters. The topological polar surface area (TPSA) is 193 Å². The van der Waals surface area contributed by atoms with Gasteiger partial charge in [-0.15, -0.1) is 0 Å². The van der Waals surface area contributed by atoms with Crippen LogP contribution in [0.2, 0.25) is 0 Å². The van der Waals surface area contributed by atoms with Gasteiger partial charge in [0.25, 0.3) is 0 Å². The molecule has 3 fully saturated rings. The molecule has 9 N–H and O–H groups in total. The van der Waals surface area contributed by atoms with Crippen molar-refractivity contribution in [3.8, 4) is 0 Å². The minimum atomic E-state index is -0.533. The van der Waals surface area contributed by atoms with Crippen molar-refractivity contribution in [1.29, 1.82) is 0 Å². The van der Waals surface area contributed by atoms with E-state index in [1.165, 1.54) is 0 Å². The van der Waals surface area contributed by atoms with Gasteiger partial charge < -0.3 is 76.3 Å². The number of rotatable bonds is 22. The lowest BCUT2D eigenvalue weighted by Gasteiger charge is -2.39. The highest BCUT2D eigenvalue weighted by Gasteiger charge is 2.33. The number of hydrogen-bond acceptors (Lipinski definition) is 16. The van der Waals surface area contributed by atoms with Gasteiger partial charge in [-0.3, -0.25) is 4.79 Å². The number of methoxy groups -OCH3 is 1. The molecule has 1 amide bonds. The van der Waals surface area contributed by atoms with Gasteiger partial charge in [-0.25, -0.2) is 0 Å². The Hall–Kier alpha value is -2.30. The minimum Gasteiger partial charge on any atom is -0.382 e. The minimum absolute atomic E-state index is 0.0556. The number of carbonyl (C=O) groups excluding carboxylic acids is 1. The van der Waals surface area contributed by atoms with E-state index in [2.05, 4.69) is 58.0 Å². The molecule has 3 saturated heterocycles. The molecule has 3 aliphatic heterocycles. The second kappa shape index (κ2) is 29.9. The van der Waals surface area contributed by atoms with Crippen LogP contribution in [-0.2, 0) is 33.2 Å². The molecule has 1 aromatic carbocycles. The lowest BCUT2D eigenvalue weighted by molar-refractivity contribution is -0.124. The number of fused-ring (bicyclic) bond motifs is 15. The third kappa shape index (κ3) is 21.7. The highest BCUT2D eigenvalue weighted by molar-refractivity contribution is 7.80. The van der Waals surface area contributed by atoms with Crippen LogP contribution in [0.4, 0.5) is 11.4 Å². The fourth-order valence-corrected chi connectivity index (χ4v) is 6.30. The van der Waals surface area contributed by atoms with E-state index in [-0.39, 0.29) is 12.3 Å². The Labute approximate surface area is 337 Å². The molecule has 0 saturated carbocycles. The van der Waals surface area contributed by atoms with Crippen LogP contribution in [0, 0.1) is 0 Å². The molecule has 0 spiro atoms. The third-order valence-electron chi connectivity index (χ3n) is 8.69. The van der Waals surface area contributed by atoms with Crippen molar-refractivity contribution in [3.05, 3.63) is 24.3 Å². The number of carbonyl (C=O) groups is 1. The predicted octanol–water partition coefficient (Wildman–Crippen LogP) is -1.01. The van der Waals surface area contributed by atoms with Crippen molar-refractivity contribution < 1.29 is 33.2 Å². The highest BCUT2D eigenvalue weighted by Crippen LogP contribution is 2.16. The molecule has 19 heteroatoms. The van der Waals surface area contributed by atoms with E-state index < -0.39 is 11.1 Å². The van der Waals surface area contributed by atoms with Crippen LogP contribution in [0.15, 0.2) is 29.3 Å². The average Bonchev–Trinajstić information content (AvgIpc) is 3.17. The van der Waals surface area contributed by atoms with Gasteiger partial charge in [-0.05, 0) is 48.7 Å². The summed E-state index contributed by atoms with van der Waals surface area (Å²) in [6.07, 6.45) is 0.256. The predicted molar refractivity (Wildman–Crippen MR) is 222 cm³/mol. The molecule has 3 heterocycles. The summed E-state index contributed by atoms with van der Waals surface area (Å²) in [7, 11) is 1.64. The number of amides is 1. The van der Waals surface area contributed by atoms with Crippen LogP contribution in [0.1, 0.15) is 6.42 Å². The van der Waals surface area contributed by atoms with E-state index >= 15 is 0 Å². The molecule has 3 aliphatic rings. The quantitative estimate of drug-likeness (QED) is 0.0393. The van der Waals surface area contributed by atoms with Crippen LogP contribution in [0.25, 0.3) is 0 Å². The second-order valence-corrected chi connectivity index (χ2v) is 13.9. The molecule has 0 aliphatic carbocycles. The Balaban J connectivity index is 1.38. The van der Waals surface area contributed by atoms with E-state index in [4.69, 9.17) is 52.9 Å². The van der Waals surface area contributed by atoms with Crippen LogP contribution < -0.4 is 47.9 Å². The van der Waals surface area contributed by atoms with Crippen LogP contribution in [0.3, 0.4) is 0 Å². The molecular formula is C36H64N10O7S2. The Morgan fingerprint density at radius 2 is 1.02 bits per heavy atom. The van der Waals surface area contributed by atoms with Gasteiger partial charge in [-0.2, -0.15) is 4.99 Å². The number of ether oxygens (including phenoxy) is 6. The first-order chi connectivity index (χ1) is 27.0. The molecule has 55 heavy (non-hydrogen) atoms. The zero-order valence-corrected chi connectivity index (χ0v) is 34.0. The first-order valence-corrected chi connectivity index (χ1v) is 20.0. The van der Waals surface area contributed by atoms with Gasteiger partial charge in [0.1, 0.15) is 0 Å². The van der Waals surface area contributed by atoms with Gasteiger partial charge in [0.15, 0.2) is 5.11 Å². The average molecular weight is 813 g/mol. The van der Waals surface area contributed by atoms with Crippen molar-refractivity contribution in [3.63, 3.8) is 0 Å². The van der Waals surface area contributed by atoms with E-state index in [1.807, 2.05) is 24.3 Å². The molecular weight excluding hydrogens is 749 g/mol. The normalized spacial score (nSPS) is 21.5. The maximum absolute atomic E-state index is 13.2. The highest BCUT2D eigenvalue weighted by atomic mass is 32.1. The monoisotopic (exact) mass is 812 g/mol. The lowest BCUT2D eigenvalue weighted by Crippen LogP contribution is -2.68. The number of nitrogens with zero attached hydrogens (tertiary/aromatic N) is 1. The van der Waals surface area contributed by atoms with E-state index in [1.54, 1.807) is 7.11 Å². The molecule has 4 rings (SSSR count). The van der Waals surface area contributed by atoms with E-state index in [0.29, 0.717) is 117 Å². The standard InChI is InChI=1S/C36H64N10O7S2/c1-48-14-15-50-18-19-52-22-23-53-21-20-51-17-16-49-13-6-33(47)45-35-24-37-7-10-40-27-36(28-41-11-8-38-25-35,29-42-12-9-39-26-35)46-34(55)44-32-4-2-31(3-5-32)43-30-54/h2-5,37-42H,6-29H2,1H3,(H,45,47)(H2,44,46,55). The summed E-state index contributed by atoms with van der Waals surface area (Å²) in [6, 6.07) is 7.54. The van der Waals surface area contributed by atoms with Crippen molar-refractivity contribution in [2.75, 3.05) is 164 Å². The second-order valence-electron chi connectivity index (χ2n) is 13.3. The zero-order valence-electron chi connectivity index (χ0n) is 32.4. The van der Waals surface area contributed by atoms with Crippen molar-refractivity contribution in [2.45, 2.75) is 17.5 Å². The summed E-state index contributed by atoms with van der Waals surface area (Å²) < 4.78 is 32.5. The Kier molecular flexibility index (Phi) is 25.6. The first kappa shape index (κ1) is 47.1. The summed E-state index contributed by atoms with van der Waals surface area (Å²) in [5, 5.41) is 34.8. The molecule has 0 radical (unpaired) electrons. The van der Waals surface area contributed by atoms with E-state index in [9.17, 15) is 4.79 Å². The van der Waals surface area contributed by atoms with Gasteiger partial charge in [0.05, 0.1) is 94.6 Å². The van der Waals surface area contributed by atoms with Crippen LogP contribution in [0.5, 0.6) is 0 Å². The third-order valence-corrected chi connectivity index (χ3v) is 8.99. The summed E-state index contributed by atoms with van der Waals surface area (Å²) >= 11 is 10.5. The van der Waals surface area contributed by atoms with Crippen LogP contribution >= 0.6 is 24.4 Å². The van der Waals surface area contributed by atoms with Crippen LogP contribution in [-0.4, -0.2) is 186 Å². The number of nitrogens with one attached hydrogen (secondary N) is 9. The van der Waals surface area contributed by atoms with Gasteiger partial charge in [0, 0.05) is 97.8 Å². The summed E-state index contributed by atoms with van der Waals surface area (Å²) in [5.41, 5.74) is 0.650. The SMILES string of the molecule is COCCOCCOCCOCCOCCOCCC(=O)NC12CNCCNCC(NC(=S)Nc3ccc(N=C=S)cc3)(CNCCNC1)CNCCNC2. The lowest BCUT2D eigenvalue weighted by atomic mass is 9.97. The zero-order chi connectivity index (χ0) is 39.1. The fraction of sp³-hybridized carbons (Fsp3) is 0.750. The van der Waals surface area contributed by atoms with Crippen molar-refractivity contribution in [1.82, 2.24) is 42.5 Å². The number of thiocarbonyl (C=S) groups is 2. The smallest absolute Gasteiger partial charge is 0.222 e. The fourth-order valence-electron chi connectivity index (χ4n) is 5.86. The first-order valence-electron chi connectivity index (χ1n) is 19.2. The Bertz CT molecular complexity index is 1190. The van der Waals surface area contributed by atoms with Crippen molar-refractivity contribution >= 4 is 52.0 Å². The number of isothiocyanates is 1. The Morgan fingerprint density at radius 1 is 0.636 bits per heavy atom. The van der Waals surface area contributed by atoms with Gasteiger partial charge >= 0.3 is 0 Å². The maximum atomic E-state index is 13.2. The number of hydrogen-bond donors (Lipinski definition) is 9. The largest absolute Gasteiger partial charge is 0.382 e. The molecule has 312 valence electrons. The summed E-state index contributed by atoms with van der Waals surface area (Å²) in [5.74, 6) is -0.0556. The van der Waals surface area contributed by atoms with Gasteiger partial charge in [0.2, 0.25) is 5.91 Å². The molecule has 0 atom stereocenters. The number of benzene rings is 1. The number of aliphatic imine (C=N–C) groups is 1. The maximum Gasteiger partial charge on any atom is 0.222 e. The summed E-state index contributed by atoms with van der Waals surface area (Å²) in [6.45, 7) is 13.5. The van der Waals surface area contributed by atoms with Crippen molar-refractivity contribution in [2.24, 2.45) is 4.99 Å².